The topological polar surface area (TPSA) is 89.5 Å². The minimum Gasteiger partial charge on any atom is -0.462 e. The average Bonchev–Trinajstić information content (AvgIpc) is 3.28. The molecule has 3 aromatic rings. The molecular weight excluding hydrogens is 777 g/mol. The van der Waals surface area contributed by atoms with Gasteiger partial charge in [0.05, 0.1) is 13.2 Å². The van der Waals surface area contributed by atoms with E-state index in [9.17, 15) is 9.59 Å². The van der Waals surface area contributed by atoms with E-state index in [1.54, 1.807) is 26.0 Å². The van der Waals surface area contributed by atoms with Crippen molar-refractivity contribution in [3.05, 3.63) is 82.9 Å². The molecule has 2 fully saturated rings. The first kappa shape index (κ1) is 48.8. The SMILES string of the molecule is CCCCCC(Oc1ccc(C2CCC(CCC)CC2)cc1)Oc1cc(C(=O)OCC)c(OC(CCCCC)Oc2ccc(C3CCC(CCC)CC3)cc2)cc1C(=O)OCC. The lowest BCUT2D eigenvalue weighted by Gasteiger charge is -2.29. The molecule has 5 rings (SSSR count). The largest absolute Gasteiger partial charge is 0.462 e. The molecule has 0 bridgehead atoms. The summed E-state index contributed by atoms with van der Waals surface area (Å²) in [6, 6.07) is 19.9. The van der Waals surface area contributed by atoms with Gasteiger partial charge in [-0.25, -0.2) is 9.59 Å². The average molecular weight is 855 g/mol. The van der Waals surface area contributed by atoms with Crippen LogP contribution in [0.5, 0.6) is 23.0 Å². The molecule has 0 saturated heterocycles. The van der Waals surface area contributed by atoms with E-state index < -0.39 is 24.5 Å². The second-order valence-electron chi connectivity index (χ2n) is 17.8. The predicted octanol–water partition coefficient (Wildman–Crippen LogP) is 14.9. The minimum atomic E-state index is -0.730. The minimum absolute atomic E-state index is 0.137. The lowest BCUT2D eigenvalue weighted by Crippen LogP contribution is -2.27. The van der Waals surface area contributed by atoms with Gasteiger partial charge >= 0.3 is 11.9 Å². The Morgan fingerprint density at radius 1 is 0.484 bits per heavy atom. The summed E-state index contributed by atoms with van der Waals surface area (Å²) in [7, 11) is 0. The summed E-state index contributed by atoms with van der Waals surface area (Å²) in [5, 5.41) is 0. The Labute approximate surface area is 374 Å². The van der Waals surface area contributed by atoms with Crippen LogP contribution in [-0.4, -0.2) is 37.7 Å². The fourth-order valence-electron chi connectivity index (χ4n) is 9.51. The van der Waals surface area contributed by atoms with Gasteiger partial charge < -0.3 is 28.4 Å². The Morgan fingerprint density at radius 2 is 0.855 bits per heavy atom. The monoisotopic (exact) mass is 855 g/mol. The highest BCUT2D eigenvalue weighted by molar-refractivity contribution is 5.98. The number of hydrogen-bond acceptors (Lipinski definition) is 8. The Hall–Kier alpha value is -4.20. The third kappa shape index (κ3) is 15.0. The van der Waals surface area contributed by atoms with Crippen LogP contribution in [0.25, 0.3) is 0 Å². The van der Waals surface area contributed by atoms with Crippen molar-refractivity contribution in [2.45, 2.75) is 194 Å². The molecule has 2 aliphatic carbocycles. The van der Waals surface area contributed by atoms with Crippen LogP contribution in [0.1, 0.15) is 214 Å². The lowest BCUT2D eigenvalue weighted by atomic mass is 9.77. The maximum absolute atomic E-state index is 13.7. The van der Waals surface area contributed by atoms with Crippen LogP contribution < -0.4 is 18.9 Å². The summed E-state index contributed by atoms with van der Waals surface area (Å²) >= 11 is 0. The van der Waals surface area contributed by atoms with Gasteiger partial charge in [0, 0.05) is 12.8 Å². The first-order chi connectivity index (χ1) is 30.3. The van der Waals surface area contributed by atoms with E-state index in [1.165, 1.54) is 88.2 Å². The molecule has 0 aromatic heterocycles. The molecule has 0 amide bonds. The molecule has 0 spiro atoms. The van der Waals surface area contributed by atoms with E-state index in [0.717, 1.165) is 50.4 Å². The first-order valence-corrected chi connectivity index (χ1v) is 24.7. The Balaban J connectivity index is 1.39. The molecule has 342 valence electrons. The summed E-state index contributed by atoms with van der Waals surface area (Å²) in [6.45, 7) is 12.7. The highest BCUT2D eigenvalue weighted by Gasteiger charge is 2.29. The number of unbranched alkanes of at least 4 members (excludes halogenated alkanes) is 4. The molecule has 62 heavy (non-hydrogen) atoms. The molecule has 2 aliphatic rings. The third-order valence-electron chi connectivity index (χ3n) is 13.0. The van der Waals surface area contributed by atoms with E-state index >= 15 is 0 Å². The van der Waals surface area contributed by atoms with E-state index in [2.05, 4.69) is 52.0 Å². The van der Waals surface area contributed by atoms with Gasteiger partial charge in [-0.15, -0.1) is 0 Å². The smallest absolute Gasteiger partial charge is 0.342 e. The second-order valence-corrected chi connectivity index (χ2v) is 17.8. The van der Waals surface area contributed by atoms with Gasteiger partial charge in [0.15, 0.2) is 0 Å². The Morgan fingerprint density at radius 3 is 1.18 bits per heavy atom. The molecule has 8 heteroatoms. The molecule has 3 aromatic carbocycles. The standard InChI is InChI=1S/C54H78O8/c1-7-13-15-19-51(59-45-33-29-43(30-34-45)41-25-21-39(17-9-3)22-26-41)61-49-37-48(54(56)58-12-6)50(38-47(49)53(55)57-11-5)62-52(20-16-14-8-2)60-46-35-31-44(32-36-46)42-27-23-40(18-10-4)24-28-42/h29-42,51-52H,7-28H2,1-6H3. The van der Waals surface area contributed by atoms with Crippen LogP contribution in [0.3, 0.4) is 0 Å². The van der Waals surface area contributed by atoms with E-state index in [0.29, 0.717) is 36.2 Å². The van der Waals surface area contributed by atoms with Crippen molar-refractivity contribution in [1.29, 1.82) is 0 Å². The number of carbonyl (C=O) groups excluding carboxylic acids is 2. The highest BCUT2D eigenvalue weighted by Crippen LogP contribution is 2.40. The molecule has 0 heterocycles. The number of esters is 2. The van der Waals surface area contributed by atoms with Crippen LogP contribution in [0.2, 0.25) is 0 Å². The number of ether oxygens (including phenoxy) is 6. The summed E-state index contributed by atoms with van der Waals surface area (Å²) in [4.78, 5) is 27.4. The van der Waals surface area contributed by atoms with Crippen LogP contribution in [0.4, 0.5) is 0 Å². The van der Waals surface area contributed by atoms with Crippen molar-refractivity contribution in [1.82, 2.24) is 0 Å². The van der Waals surface area contributed by atoms with Gasteiger partial charge in [0.1, 0.15) is 34.1 Å². The predicted molar refractivity (Wildman–Crippen MR) is 249 cm³/mol. The van der Waals surface area contributed by atoms with Crippen molar-refractivity contribution >= 4 is 11.9 Å². The zero-order chi connectivity index (χ0) is 44.1. The fourth-order valence-corrected chi connectivity index (χ4v) is 9.51. The summed E-state index contributed by atoms with van der Waals surface area (Å²) in [5.74, 6) is 3.42. The Bertz CT molecular complexity index is 1610. The number of hydrogen-bond donors (Lipinski definition) is 0. The van der Waals surface area contributed by atoms with Crippen molar-refractivity contribution in [2.24, 2.45) is 11.8 Å². The second kappa shape index (κ2) is 26.4. The number of carbonyl (C=O) groups is 2. The van der Waals surface area contributed by atoms with E-state index in [4.69, 9.17) is 28.4 Å². The molecule has 8 nitrogen and oxygen atoms in total. The van der Waals surface area contributed by atoms with Gasteiger partial charge in [0.25, 0.3) is 0 Å². The van der Waals surface area contributed by atoms with Crippen LogP contribution in [0.15, 0.2) is 60.7 Å². The van der Waals surface area contributed by atoms with Gasteiger partial charge in [-0.05, 0) is 149 Å². The summed E-state index contributed by atoms with van der Waals surface area (Å²) in [5.41, 5.74) is 2.98. The van der Waals surface area contributed by atoms with E-state index in [-0.39, 0.29) is 35.8 Å². The summed E-state index contributed by atoms with van der Waals surface area (Å²) in [6.07, 6.45) is 20.7. The van der Waals surface area contributed by atoms with Crippen LogP contribution in [-0.2, 0) is 9.47 Å². The van der Waals surface area contributed by atoms with Gasteiger partial charge in [-0.1, -0.05) is 103 Å². The quantitative estimate of drug-likeness (QED) is 0.0448. The molecule has 0 aliphatic heterocycles. The van der Waals surface area contributed by atoms with Crippen molar-refractivity contribution in [3.63, 3.8) is 0 Å². The fraction of sp³-hybridized carbons (Fsp3) is 0.630. The maximum Gasteiger partial charge on any atom is 0.342 e. The van der Waals surface area contributed by atoms with E-state index in [1.807, 2.05) is 24.3 Å². The van der Waals surface area contributed by atoms with Crippen molar-refractivity contribution in [2.75, 3.05) is 13.2 Å². The lowest BCUT2D eigenvalue weighted by molar-refractivity contribution is -0.00752. The molecule has 2 atom stereocenters. The molecule has 0 N–H and O–H groups in total. The normalized spacial score (nSPS) is 19.8. The zero-order valence-corrected chi connectivity index (χ0v) is 39.1. The van der Waals surface area contributed by atoms with Gasteiger partial charge in [-0.2, -0.15) is 0 Å². The summed E-state index contributed by atoms with van der Waals surface area (Å²) < 4.78 is 37.4. The third-order valence-corrected chi connectivity index (χ3v) is 13.0. The highest BCUT2D eigenvalue weighted by atomic mass is 16.7. The maximum atomic E-state index is 13.7. The van der Waals surface area contributed by atoms with Gasteiger partial charge in [0.2, 0.25) is 12.6 Å². The molecular formula is C54H78O8. The zero-order valence-electron chi connectivity index (χ0n) is 39.1. The number of benzene rings is 3. The van der Waals surface area contributed by atoms with Crippen LogP contribution >= 0.6 is 0 Å². The first-order valence-electron chi connectivity index (χ1n) is 24.7. The molecule has 2 unspecified atom stereocenters. The van der Waals surface area contributed by atoms with Crippen LogP contribution in [0, 0.1) is 11.8 Å². The Kier molecular flexibility index (Phi) is 20.8. The van der Waals surface area contributed by atoms with Crippen molar-refractivity contribution in [3.8, 4) is 23.0 Å². The number of rotatable bonds is 26. The van der Waals surface area contributed by atoms with Crippen molar-refractivity contribution < 1.29 is 38.0 Å². The molecule has 2 saturated carbocycles. The van der Waals surface area contributed by atoms with Gasteiger partial charge in [-0.3, -0.25) is 0 Å². The molecule has 0 radical (unpaired) electrons.